The van der Waals surface area contributed by atoms with Gasteiger partial charge in [0, 0.05) is 24.5 Å². The van der Waals surface area contributed by atoms with Gasteiger partial charge in [-0.15, -0.1) is 0 Å². The standard InChI is InChI=1S/C13H19N3O2/c1-9-7-11(14)8-10(2)12(9)15-13(17)16-3-5-18-6-4-16/h7-8H,3-6,14H2,1-2H3,(H,15,17). The van der Waals surface area contributed by atoms with E-state index in [9.17, 15) is 4.79 Å². The van der Waals surface area contributed by atoms with Gasteiger partial charge in [-0.05, 0) is 37.1 Å². The molecule has 0 saturated carbocycles. The number of carbonyl (C=O) groups is 1. The molecule has 1 saturated heterocycles. The molecule has 5 nitrogen and oxygen atoms in total. The number of ether oxygens (including phenoxy) is 1. The van der Waals surface area contributed by atoms with Crippen LogP contribution in [-0.4, -0.2) is 37.2 Å². The van der Waals surface area contributed by atoms with Crippen LogP contribution in [-0.2, 0) is 4.74 Å². The number of nitrogen functional groups attached to an aromatic ring is 1. The number of benzene rings is 1. The van der Waals surface area contributed by atoms with Crippen LogP contribution in [0.2, 0.25) is 0 Å². The molecule has 0 unspecified atom stereocenters. The van der Waals surface area contributed by atoms with Gasteiger partial charge in [-0.3, -0.25) is 0 Å². The van der Waals surface area contributed by atoms with Crippen LogP contribution in [0.1, 0.15) is 11.1 Å². The molecule has 0 bridgehead atoms. The van der Waals surface area contributed by atoms with Gasteiger partial charge >= 0.3 is 6.03 Å². The number of rotatable bonds is 1. The minimum absolute atomic E-state index is 0.0747. The fourth-order valence-corrected chi connectivity index (χ4v) is 2.15. The molecule has 2 rings (SSSR count). The van der Waals surface area contributed by atoms with Gasteiger partial charge in [-0.2, -0.15) is 0 Å². The third-order valence-electron chi connectivity index (χ3n) is 3.09. The fraction of sp³-hybridized carbons (Fsp3) is 0.462. The van der Waals surface area contributed by atoms with Crippen molar-refractivity contribution in [1.82, 2.24) is 4.90 Å². The van der Waals surface area contributed by atoms with Crippen LogP contribution in [0, 0.1) is 13.8 Å². The van der Waals surface area contributed by atoms with E-state index in [1.54, 1.807) is 4.90 Å². The van der Waals surface area contributed by atoms with E-state index in [-0.39, 0.29) is 6.03 Å². The van der Waals surface area contributed by atoms with Gasteiger partial charge in [0.25, 0.3) is 0 Å². The van der Waals surface area contributed by atoms with Crippen molar-refractivity contribution in [3.05, 3.63) is 23.3 Å². The molecule has 18 heavy (non-hydrogen) atoms. The molecule has 0 radical (unpaired) electrons. The molecule has 5 heteroatoms. The molecule has 1 fully saturated rings. The van der Waals surface area contributed by atoms with E-state index in [4.69, 9.17) is 10.5 Å². The minimum Gasteiger partial charge on any atom is -0.399 e. The zero-order valence-corrected chi connectivity index (χ0v) is 10.8. The summed E-state index contributed by atoms with van der Waals surface area (Å²) in [6.07, 6.45) is 0. The van der Waals surface area contributed by atoms with E-state index >= 15 is 0 Å². The van der Waals surface area contributed by atoms with Crippen molar-refractivity contribution in [2.24, 2.45) is 0 Å². The second-order valence-electron chi connectivity index (χ2n) is 4.56. The molecule has 1 aliphatic heterocycles. The molecule has 98 valence electrons. The highest BCUT2D eigenvalue weighted by molar-refractivity contribution is 5.91. The van der Waals surface area contributed by atoms with E-state index in [2.05, 4.69) is 5.32 Å². The number of nitrogens with one attached hydrogen (secondary N) is 1. The Morgan fingerprint density at radius 1 is 1.28 bits per heavy atom. The largest absolute Gasteiger partial charge is 0.399 e. The van der Waals surface area contributed by atoms with E-state index in [0.717, 1.165) is 22.5 Å². The summed E-state index contributed by atoms with van der Waals surface area (Å²) in [5, 5.41) is 2.95. The maximum atomic E-state index is 12.1. The lowest BCUT2D eigenvalue weighted by molar-refractivity contribution is 0.0564. The summed E-state index contributed by atoms with van der Waals surface area (Å²) in [6, 6.07) is 3.65. The molecule has 0 spiro atoms. The smallest absolute Gasteiger partial charge is 0.322 e. The van der Waals surface area contributed by atoms with Crippen molar-refractivity contribution in [2.75, 3.05) is 37.4 Å². The van der Waals surface area contributed by atoms with Crippen LogP contribution in [0.25, 0.3) is 0 Å². The highest BCUT2D eigenvalue weighted by Crippen LogP contribution is 2.23. The summed E-state index contributed by atoms with van der Waals surface area (Å²) in [5.41, 5.74) is 9.29. The third kappa shape index (κ3) is 2.73. The van der Waals surface area contributed by atoms with Gasteiger partial charge in [-0.25, -0.2) is 4.79 Å². The van der Waals surface area contributed by atoms with Gasteiger partial charge in [0.15, 0.2) is 0 Å². The zero-order valence-electron chi connectivity index (χ0n) is 10.8. The van der Waals surface area contributed by atoms with Crippen LogP contribution in [0.5, 0.6) is 0 Å². The van der Waals surface area contributed by atoms with E-state index < -0.39 is 0 Å². The lowest BCUT2D eigenvalue weighted by atomic mass is 10.1. The number of nitrogens with zero attached hydrogens (tertiary/aromatic N) is 1. The molecular weight excluding hydrogens is 230 g/mol. The second-order valence-corrected chi connectivity index (χ2v) is 4.56. The molecule has 2 amide bonds. The van der Waals surface area contributed by atoms with Crippen LogP contribution >= 0.6 is 0 Å². The van der Waals surface area contributed by atoms with Gasteiger partial charge in [0.1, 0.15) is 0 Å². The quantitative estimate of drug-likeness (QED) is 0.745. The number of urea groups is 1. The Balaban J connectivity index is 2.11. The molecule has 1 aromatic carbocycles. The number of aryl methyl sites for hydroxylation is 2. The van der Waals surface area contributed by atoms with Crippen molar-refractivity contribution in [1.29, 1.82) is 0 Å². The van der Waals surface area contributed by atoms with Gasteiger partial charge in [-0.1, -0.05) is 0 Å². The molecule has 0 aliphatic carbocycles. The Bertz CT molecular complexity index is 431. The van der Waals surface area contributed by atoms with Crippen molar-refractivity contribution < 1.29 is 9.53 Å². The maximum Gasteiger partial charge on any atom is 0.322 e. The van der Waals surface area contributed by atoms with E-state index in [0.29, 0.717) is 26.3 Å². The number of anilines is 2. The van der Waals surface area contributed by atoms with Crippen LogP contribution in [0.4, 0.5) is 16.2 Å². The van der Waals surface area contributed by atoms with Crippen LogP contribution in [0.15, 0.2) is 12.1 Å². The minimum atomic E-state index is -0.0747. The average Bonchev–Trinajstić information content (AvgIpc) is 2.34. The first-order valence-corrected chi connectivity index (χ1v) is 6.08. The van der Waals surface area contributed by atoms with Gasteiger partial charge < -0.3 is 20.7 Å². The first kappa shape index (κ1) is 12.7. The molecule has 1 heterocycles. The van der Waals surface area contributed by atoms with Crippen molar-refractivity contribution in [2.45, 2.75) is 13.8 Å². The summed E-state index contributed by atoms with van der Waals surface area (Å²) in [5.74, 6) is 0. The van der Waals surface area contributed by atoms with Crippen LogP contribution < -0.4 is 11.1 Å². The summed E-state index contributed by atoms with van der Waals surface area (Å²) in [6.45, 7) is 6.37. The number of amides is 2. The predicted octanol–water partition coefficient (Wildman–Crippen LogP) is 1.75. The Kier molecular flexibility index (Phi) is 3.72. The molecule has 0 atom stereocenters. The summed E-state index contributed by atoms with van der Waals surface area (Å²) >= 11 is 0. The van der Waals surface area contributed by atoms with Crippen LogP contribution in [0.3, 0.4) is 0 Å². The normalized spacial score (nSPS) is 15.6. The lowest BCUT2D eigenvalue weighted by Gasteiger charge is -2.27. The number of hydrogen-bond acceptors (Lipinski definition) is 3. The summed E-state index contributed by atoms with van der Waals surface area (Å²) in [4.78, 5) is 13.8. The molecule has 3 N–H and O–H groups in total. The molecule has 1 aromatic rings. The number of carbonyl (C=O) groups excluding carboxylic acids is 1. The molecule has 0 aromatic heterocycles. The SMILES string of the molecule is Cc1cc(N)cc(C)c1NC(=O)N1CCOCC1. The molecular formula is C13H19N3O2. The first-order valence-electron chi connectivity index (χ1n) is 6.08. The summed E-state index contributed by atoms with van der Waals surface area (Å²) in [7, 11) is 0. The Morgan fingerprint density at radius 2 is 1.83 bits per heavy atom. The number of hydrogen-bond donors (Lipinski definition) is 2. The first-order chi connectivity index (χ1) is 8.58. The Labute approximate surface area is 107 Å². The highest BCUT2D eigenvalue weighted by Gasteiger charge is 2.18. The monoisotopic (exact) mass is 249 g/mol. The lowest BCUT2D eigenvalue weighted by Crippen LogP contribution is -2.43. The molecule has 1 aliphatic rings. The van der Waals surface area contributed by atoms with Gasteiger partial charge in [0.2, 0.25) is 0 Å². The third-order valence-corrected chi connectivity index (χ3v) is 3.09. The van der Waals surface area contributed by atoms with Gasteiger partial charge in [0.05, 0.1) is 13.2 Å². The number of morpholine rings is 1. The Morgan fingerprint density at radius 3 is 2.39 bits per heavy atom. The van der Waals surface area contributed by atoms with Crippen molar-refractivity contribution in [3.8, 4) is 0 Å². The average molecular weight is 249 g/mol. The zero-order chi connectivity index (χ0) is 13.1. The predicted molar refractivity (Wildman–Crippen MR) is 71.7 cm³/mol. The van der Waals surface area contributed by atoms with E-state index in [1.165, 1.54) is 0 Å². The highest BCUT2D eigenvalue weighted by atomic mass is 16.5. The van der Waals surface area contributed by atoms with E-state index in [1.807, 2.05) is 26.0 Å². The fourth-order valence-electron chi connectivity index (χ4n) is 2.15. The Hall–Kier alpha value is -1.75. The van der Waals surface area contributed by atoms with Crippen molar-refractivity contribution >= 4 is 17.4 Å². The summed E-state index contributed by atoms with van der Waals surface area (Å²) < 4.78 is 5.23. The topological polar surface area (TPSA) is 67.6 Å². The number of nitrogens with two attached hydrogens (primary N) is 1. The maximum absolute atomic E-state index is 12.1. The second kappa shape index (κ2) is 5.27. The van der Waals surface area contributed by atoms with Crippen molar-refractivity contribution in [3.63, 3.8) is 0 Å².